The summed E-state index contributed by atoms with van der Waals surface area (Å²) in [6.07, 6.45) is 9.01. The van der Waals surface area contributed by atoms with Crippen LogP contribution in [-0.4, -0.2) is 11.2 Å². The molecule has 1 saturated carbocycles. The Kier molecular flexibility index (Phi) is 3.64. The molecule has 64 valence electrons. The van der Waals surface area contributed by atoms with Crippen LogP contribution in [0.1, 0.15) is 45.4 Å². The third kappa shape index (κ3) is 2.66. The number of hydrogen-bond acceptors (Lipinski definition) is 1. The summed E-state index contributed by atoms with van der Waals surface area (Å²) in [6, 6.07) is 0. The molecule has 1 nitrogen and oxygen atoms in total. The Balaban J connectivity index is 2.40. The molecule has 0 saturated heterocycles. The zero-order valence-corrected chi connectivity index (χ0v) is 7.34. The van der Waals surface area contributed by atoms with Crippen molar-refractivity contribution in [2.24, 2.45) is 0 Å². The van der Waals surface area contributed by atoms with Crippen molar-refractivity contribution in [3.8, 4) is 0 Å². The lowest BCUT2D eigenvalue weighted by molar-refractivity contribution is 0.178. The predicted octanol–water partition coefficient (Wildman–Crippen LogP) is 2.65. The van der Waals surface area contributed by atoms with Crippen LogP contribution in [0.15, 0.2) is 11.6 Å². The first-order chi connectivity index (χ1) is 5.34. The molecular weight excluding hydrogens is 136 g/mol. The summed E-state index contributed by atoms with van der Waals surface area (Å²) < 4.78 is 0. The van der Waals surface area contributed by atoms with Gasteiger partial charge in [-0.2, -0.15) is 0 Å². The van der Waals surface area contributed by atoms with Crippen molar-refractivity contribution in [3.63, 3.8) is 0 Å². The van der Waals surface area contributed by atoms with Crippen molar-refractivity contribution in [1.29, 1.82) is 0 Å². The van der Waals surface area contributed by atoms with Crippen LogP contribution in [-0.2, 0) is 0 Å². The maximum Gasteiger partial charge on any atom is 0.0750 e. The van der Waals surface area contributed by atoms with Gasteiger partial charge in [-0.15, -0.1) is 0 Å². The first-order valence-corrected chi connectivity index (χ1v) is 4.71. The Morgan fingerprint density at radius 2 is 2.36 bits per heavy atom. The highest BCUT2D eigenvalue weighted by atomic mass is 16.3. The van der Waals surface area contributed by atoms with Crippen LogP contribution >= 0.6 is 0 Å². The summed E-state index contributed by atoms with van der Waals surface area (Å²) in [6.45, 7) is 2.17. The van der Waals surface area contributed by atoms with E-state index in [1.807, 2.05) is 0 Å². The van der Waals surface area contributed by atoms with Gasteiger partial charge in [-0.25, -0.2) is 0 Å². The zero-order chi connectivity index (χ0) is 8.10. The maximum atomic E-state index is 9.53. The summed E-state index contributed by atoms with van der Waals surface area (Å²) in [5.74, 6) is 0. The largest absolute Gasteiger partial charge is 0.389 e. The lowest BCUT2D eigenvalue weighted by atomic mass is 9.91. The van der Waals surface area contributed by atoms with Gasteiger partial charge < -0.3 is 5.11 Å². The minimum atomic E-state index is -0.115. The Hall–Kier alpha value is -0.300. The molecule has 1 unspecified atom stereocenters. The SMILES string of the molecule is CCC/C=C1\CCCCC1O. The Labute approximate surface area is 69.1 Å². The molecule has 1 N–H and O–H groups in total. The Morgan fingerprint density at radius 1 is 1.55 bits per heavy atom. The van der Waals surface area contributed by atoms with E-state index < -0.39 is 0 Å². The highest BCUT2D eigenvalue weighted by Gasteiger charge is 2.14. The van der Waals surface area contributed by atoms with Gasteiger partial charge in [-0.3, -0.25) is 0 Å². The predicted molar refractivity (Wildman–Crippen MR) is 47.5 cm³/mol. The summed E-state index contributed by atoms with van der Waals surface area (Å²) in [5.41, 5.74) is 1.29. The van der Waals surface area contributed by atoms with E-state index in [1.54, 1.807) is 0 Å². The first kappa shape index (κ1) is 8.79. The van der Waals surface area contributed by atoms with Crippen LogP contribution in [0.5, 0.6) is 0 Å². The first-order valence-electron chi connectivity index (χ1n) is 4.71. The Morgan fingerprint density at radius 3 is 3.00 bits per heavy atom. The van der Waals surface area contributed by atoms with Gasteiger partial charge in [0.15, 0.2) is 0 Å². The van der Waals surface area contributed by atoms with Gasteiger partial charge in [0.2, 0.25) is 0 Å². The smallest absolute Gasteiger partial charge is 0.0750 e. The van der Waals surface area contributed by atoms with Crippen LogP contribution in [0.4, 0.5) is 0 Å². The fraction of sp³-hybridized carbons (Fsp3) is 0.800. The van der Waals surface area contributed by atoms with E-state index in [0.717, 1.165) is 19.3 Å². The van der Waals surface area contributed by atoms with Crippen molar-refractivity contribution in [1.82, 2.24) is 0 Å². The molecule has 1 atom stereocenters. The van der Waals surface area contributed by atoms with Crippen LogP contribution in [0, 0.1) is 0 Å². The third-order valence-corrected chi connectivity index (χ3v) is 2.32. The third-order valence-electron chi connectivity index (χ3n) is 2.32. The molecule has 1 heteroatoms. The standard InChI is InChI=1S/C10H18O/c1-2-3-6-9-7-4-5-8-10(9)11/h6,10-11H,2-5,7-8H2,1H3/b9-6+. The number of unbranched alkanes of at least 4 members (excludes halogenated alkanes) is 1. The van der Waals surface area contributed by atoms with Gasteiger partial charge in [0.05, 0.1) is 6.10 Å². The van der Waals surface area contributed by atoms with Crippen molar-refractivity contribution in [3.05, 3.63) is 11.6 Å². The molecule has 0 spiro atoms. The summed E-state index contributed by atoms with van der Waals surface area (Å²) in [5, 5.41) is 9.53. The molecule has 0 radical (unpaired) electrons. The number of aliphatic hydroxyl groups is 1. The second kappa shape index (κ2) is 4.55. The van der Waals surface area contributed by atoms with E-state index in [9.17, 15) is 5.11 Å². The van der Waals surface area contributed by atoms with E-state index >= 15 is 0 Å². The molecule has 0 amide bonds. The van der Waals surface area contributed by atoms with Crippen LogP contribution < -0.4 is 0 Å². The maximum absolute atomic E-state index is 9.53. The number of hydrogen-bond donors (Lipinski definition) is 1. The topological polar surface area (TPSA) is 20.2 Å². The second-order valence-electron chi connectivity index (χ2n) is 3.33. The molecule has 11 heavy (non-hydrogen) atoms. The molecule has 0 bridgehead atoms. The van der Waals surface area contributed by atoms with E-state index in [0.29, 0.717) is 0 Å². The number of allylic oxidation sites excluding steroid dienone is 1. The molecule has 0 aliphatic heterocycles. The van der Waals surface area contributed by atoms with E-state index in [4.69, 9.17) is 0 Å². The normalized spacial score (nSPS) is 29.3. The van der Waals surface area contributed by atoms with Gasteiger partial charge in [0.25, 0.3) is 0 Å². The van der Waals surface area contributed by atoms with Gasteiger partial charge in [-0.1, -0.05) is 25.8 Å². The molecule has 0 aromatic heterocycles. The summed E-state index contributed by atoms with van der Waals surface area (Å²) in [7, 11) is 0. The lowest BCUT2D eigenvalue weighted by Gasteiger charge is -2.20. The average Bonchev–Trinajstić information content (AvgIpc) is 2.03. The van der Waals surface area contributed by atoms with Crippen molar-refractivity contribution in [2.45, 2.75) is 51.6 Å². The summed E-state index contributed by atoms with van der Waals surface area (Å²) in [4.78, 5) is 0. The highest BCUT2D eigenvalue weighted by Crippen LogP contribution is 2.23. The van der Waals surface area contributed by atoms with Crippen LogP contribution in [0.25, 0.3) is 0 Å². The average molecular weight is 154 g/mol. The minimum Gasteiger partial charge on any atom is -0.389 e. The molecule has 1 fully saturated rings. The van der Waals surface area contributed by atoms with E-state index in [2.05, 4.69) is 13.0 Å². The monoisotopic (exact) mass is 154 g/mol. The molecule has 1 aliphatic rings. The minimum absolute atomic E-state index is 0.115. The van der Waals surface area contributed by atoms with Crippen LogP contribution in [0.3, 0.4) is 0 Å². The van der Waals surface area contributed by atoms with Crippen molar-refractivity contribution in [2.75, 3.05) is 0 Å². The quantitative estimate of drug-likeness (QED) is 0.606. The fourth-order valence-corrected chi connectivity index (χ4v) is 1.59. The van der Waals surface area contributed by atoms with E-state index in [1.165, 1.54) is 24.8 Å². The lowest BCUT2D eigenvalue weighted by Crippen LogP contribution is -2.14. The molecule has 0 aromatic rings. The van der Waals surface area contributed by atoms with Gasteiger partial charge in [-0.05, 0) is 31.3 Å². The number of aliphatic hydroxyl groups excluding tert-OH is 1. The molecule has 0 heterocycles. The second-order valence-corrected chi connectivity index (χ2v) is 3.33. The van der Waals surface area contributed by atoms with Gasteiger partial charge >= 0.3 is 0 Å². The van der Waals surface area contributed by atoms with Gasteiger partial charge in [0.1, 0.15) is 0 Å². The van der Waals surface area contributed by atoms with Gasteiger partial charge in [0, 0.05) is 0 Å². The number of rotatable bonds is 2. The molecule has 0 aromatic carbocycles. The highest BCUT2D eigenvalue weighted by molar-refractivity contribution is 5.09. The molecule has 1 rings (SSSR count). The van der Waals surface area contributed by atoms with E-state index in [-0.39, 0.29) is 6.10 Å². The van der Waals surface area contributed by atoms with Crippen LogP contribution in [0.2, 0.25) is 0 Å². The summed E-state index contributed by atoms with van der Waals surface area (Å²) >= 11 is 0. The molecule has 1 aliphatic carbocycles. The molecular formula is C10H18O. The Bertz CT molecular complexity index is 138. The van der Waals surface area contributed by atoms with Crippen molar-refractivity contribution >= 4 is 0 Å². The fourth-order valence-electron chi connectivity index (χ4n) is 1.59. The van der Waals surface area contributed by atoms with Crippen molar-refractivity contribution < 1.29 is 5.11 Å². The zero-order valence-electron chi connectivity index (χ0n) is 7.34.